The van der Waals surface area contributed by atoms with E-state index in [0.717, 1.165) is 11.4 Å². The monoisotopic (exact) mass is 198 g/mol. The predicted octanol–water partition coefficient (Wildman–Crippen LogP) is 3.91. The quantitative estimate of drug-likeness (QED) is 0.664. The van der Waals surface area contributed by atoms with Crippen molar-refractivity contribution < 1.29 is 0 Å². The Balaban J connectivity index is 2.61. The van der Waals surface area contributed by atoms with Gasteiger partial charge >= 0.3 is 0 Å². The van der Waals surface area contributed by atoms with Gasteiger partial charge in [-0.05, 0) is 12.8 Å². The number of hydrogen-bond donors (Lipinski definition) is 0. The first-order valence-electron chi connectivity index (χ1n) is 3.91. The fourth-order valence-corrected chi connectivity index (χ4v) is 3.01. The highest BCUT2D eigenvalue weighted by molar-refractivity contribution is 7.58. The first kappa shape index (κ1) is 8.13. The number of aryl methyl sites for hydroxylation is 1. The molecule has 12 heavy (non-hydrogen) atoms. The summed E-state index contributed by atoms with van der Waals surface area (Å²) in [5, 5.41) is 0. The van der Waals surface area contributed by atoms with E-state index >= 15 is 0 Å². The van der Waals surface area contributed by atoms with Crippen LogP contribution in [0, 0.1) is 6.92 Å². The maximum atomic E-state index is 4.30. The van der Waals surface area contributed by atoms with Gasteiger partial charge in [0, 0.05) is 9.75 Å². The minimum atomic E-state index is 0.565. The smallest absolute Gasteiger partial charge is 0.119 e. The Kier molecular flexibility index (Phi) is 1.88. The van der Waals surface area contributed by atoms with E-state index in [4.69, 9.17) is 0 Å². The van der Waals surface area contributed by atoms with E-state index < -0.39 is 0 Å². The molecule has 4 heteroatoms. The highest BCUT2D eigenvalue weighted by Gasteiger charge is 2.19. The molecule has 1 aliphatic heterocycles. The predicted molar refractivity (Wildman–Crippen MR) is 54.7 cm³/mol. The molecular formula is C8H10N2S2. The molecule has 1 aromatic heterocycles. The summed E-state index contributed by atoms with van der Waals surface area (Å²) < 4.78 is 8.56. The number of hydrogen-bond acceptors (Lipinski definition) is 3. The Morgan fingerprint density at radius 1 is 1.17 bits per heavy atom. The minimum Gasteiger partial charge on any atom is -0.172 e. The fourth-order valence-electron chi connectivity index (χ4n) is 1.23. The fraction of sp³-hybridized carbons (Fsp3) is 0.500. The van der Waals surface area contributed by atoms with Crippen molar-refractivity contribution in [3.63, 3.8) is 0 Å². The van der Waals surface area contributed by atoms with Gasteiger partial charge < -0.3 is 0 Å². The second-order valence-corrected chi connectivity index (χ2v) is 4.92. The Bertz CT molecular complexity index is 384. The maximum absolute atomic E-state index is 4.30. The molecule has 0 atom stereocenters. The van der Waals surface area contributed by atoms with Crippen molar-refractivity contribution in [1.29, 1.82) is 0 Å². The summed E-state index contributed by atoms with van der Waals surface area (Å²) in [4.78, 5) is 2.67. The first-order chi connectivity index (χ1) is 5.70. The summed E-state index contributed by atoms with van der Waals surface area (Å²) in [5.74, 6) is 0.565. The van der Waals surface area contributed by atoms with Crippen LogP contribution in [0.2, 0.25) is 0 Å². The SMILES string of the molecule is Cc1sc(C(C)C)c2c1N=S=N2. The molecular weight excluding hydrogens is 188 g/mol. The zero-order valence-electron chi connectivity index (χ0n) is 7.29. The van der Waals surface area contributed by atoms with Crippen LogP contribution < -0.4 is 0 Å². The summed E-state index contributed by atoms with van der Waals surface area (Å²) in [6.45, 7) is 6.51. The van der Waals surface area contributed by atoms with Crippen molar-refractivity contribution >= 4 is 34.1 Å². The van der Waals surface area contributed by atoms with Gasteiger partial charge in [0.25, 0.3) is 0 Å². The standard InChI is InChI=1S/C8H10N2S2/c1-4(2)8-7-6(5(3)11-8)9-12-10-7/h4H,1-3H3. The van der Waals surface area contributed by atoms with Gasteiger partial charge in [-0.3, -0.25) is 0 Å². The molecule has 0 spiro atoms. The highest BCUT2D eigenvalue weighted by atomic mass is 32.1. The summed E-state index contributed by atoms with van der Waals surface area (Å²) in [6.07, 6.45) is 0. The van der Waals surface area contributed by atoms with Gasteiger partial charge in [-0.2, -0.15) is 8.73 Å². The Labute approximate surface area is 79.5 Å². The third-order valence-electron chi connectivity index (χ3n) is 1.84. The van der Waals surface area contributed by atoms with Crippen molar-refractivity contribution in [3.8, 4) is 0 Å². The topological polar surface area (TPSA) is 24.7 Å². The van der Waals surface area contributed by atoms with Crippen LogP contribution in [0.5, 0.6) is 0 Å². The van der Waals surface area contributed by atoms with Crippen molar-refractivity contribution in [2.45, 2.75) is 26.7 Å². The largest absolute Gasteiger partial charge is 0.172 e. The Morgan fingerprint density at radius 2 is 1.83 bits per heavy atom. The molecule has 0 aliphatic carbocycles. The van der Waals surface area contributed by atoms with Crippen LogP contribution in [0.3, 0.4) is 0 Å². The van der Waals surface area contributed by atoms with E-state index in [1.54, 1.807) is 0 Å². The molecule has 1 aromatic rings. The Morgan fingerprint density at radius 3 is 2.50 bits per heavy atom. The van der Waals surface area contributed by atoms with Gasteiger partial charge in [-0.15, -0.1) is 11.3 Å². The number of nitrogens with zero attached hydrogens (tertiary/aromatic N) is 2. The maximum Gasteiger partial charge on any atom is 0.119 e. The molecule has 0 radical (unpaired) electrons. The number of rotatable bonds is 1. The zero-order chi connectivity index (χ0) is 8.72. The zero-order valence-corrected chi connectivity index (χ0v) is 8.92. The molecule has 64 valence electrons. The normalized spacial score (nSPS) is 13.7. The lowest BCUT2D eigenvalue weighted by atomic mass is 10.1. The third-order valence-corrected chi connectivity index (χ3v) is 3.76. The van der Waals surface area contributed by atoms with Crippen molar-refractivity contribution in [2.75, 3.05) is 0 Å². The van der Waals surface area contributed by atoms with Crippen molar-refractivity contribution in [2.24, 2.45) is 8.73 Å². The molecule has 0 fully saturated rings. The molecule has 0 aromatic carbocycles. The van der Waals surface area contributed by atoms with Gasteiger partial charge in [-0.25, -0.2) is 0 Å². The van der Waals surface area contributed by atoms with Crippen LogP contribution in [0.25, 0.3) is 0 Å². The molecule has 1 aliphatic rings. The van der Waals surface area contributed by atoms with Crippen LogP contribution >= 0.6 is 11.3 Å². The van der Waals surface area contributed by atoms with Gasteiger partial charge in [0.2, 0.25) is 0 Å². The average molecular weight is 198 g/mol. The highest BCUT2D eigenvalue weighted by Crippen LogP contribution is 2.46. The molecule has 0 N–H and O–H groups in total. The molecule has 2 rings (SSSR count). The molecule has 0 amide bonds. The van der Waals surface area contributed by atoms with Gasteiger partial charge in [0.15, 0.2) is 0 Å². The van der Waals surface area contributed by atoms with Gasteiger partial charge in [0.05, 0.1) is 11.4 Å². The summed E-state index contributed by atoms with van der Waals surface area (Å²) in [7, 11) is 0. The van der Waals surface area contributed by atoms with E-state index in [2.05, 4.69) is 29.5 Å². The third kappa shape index (κ3) is 1.06. The summed E-state index contributed by atoms with van der Waals surface area (Å²) in [6, 6.07) is 0. The summed E-state index contributed by atoms with van der Waals surface area (Å²) >= 11 is 3.14. The molecule has 2 nitrogen and oxygen atoms in total. The van der Waals surface area contributed by atoms with Crippen molar-refractivity contribution in [1.82, 2.24) is 0 Å². The van der Waals surface area contributed by atoms with E-state index in [0.29, 0.717) is 5.92 Å². The van der Waals surface area contributed by atoms with E-state index in [9.17, 15) is 0 Å². The Hall–Kier alpha value is -0.480. The van der Waals surface area contributed by atoms with Crippen LogP contribution in [-0.2, 0) is 11.4 Å². The molecule has 0 saturated carbocycles. The average Bonchev–Trinajstić information content (AvgIpc) is 2.53. The van der Waals surface area contributed by atoms with E-state index in [-0.39, 0.29) is 0 Å². The van der Waals surface area contributed by atoms with Crippen LogP contribution in [0.1, 0.15) is 29.5 Å². The molecule has 2 heterocycles. The minimum absolute atomic E-state index is 0.565. The molecule has 0 saturated heterocycles. The van der Waals surface area contributed by atoms with E-state index in [1.807, 2.05) is 11.3 Å². The number of fused-ring (bicyclic) bond motifs is 1. The van der Waals surface area contributed by atoms with E-state index in [1.165, 1.54) is 21.1 Å². The second kappa shape index (κ2) is 2.78. The van der Waals surface area contributed by atoms with Crippen molar-refractivity contribution in [3.05, 3.63) is 9.75 Å². The molecule has 0 bridgehead atoms. The summed E-state index contributed by atoms with van der Waals surface area (Å²) in [5.41, 5.74) is 2.23. The van der Waals surface area contributed by atoms with Crippen LogP contribution in [0.15, 0.2) is 8.73 Å². The van der Waals surface area contributed by atoms with Crippen LogP contribution in [-0.4, -0.2) is 0 Å². The van der Waals surface area contributed by atoms with Crippen LogP contribution in [0.4, 0.5) is 11.4 Å². The second-order valence-electron chi connectivity index (χ2n) is 3.14. The molecule has 0 unspecified atom stereocenters. The lowest BCUT2D eigenvalue weighted by molar-refractivity contribution is 0.890. The first-order valence-corrected chi connectivity index (χ1v) is 5.46. The lowest BCUT2D eigenvalue weighted by Gasteiger charge is -1.99. The van der Waals surface area contributed by atoms with Gasteiger partial charge in [-0.1, -0.05) is 13.8 Å². The lowest BCUT2D eigenvalue weighted by Crippen LogP contribution is -1.79. The number of thiophene rings is 1. The van der Waals surface area contributed by atoms with Gasteiger partial charge in [0.1, 0.15) is 11.4 Å².